The first-order chi connectivity index (χ1) is 13.6. The number of fused-ring (bicyclic) bond motifs is 3. The second-order valence-electron chi connectivity index (χ2n) is 7.18. The van der Waals surface area contributed by atoms with Crippen LogP contribution in [-0.2, 0) is 7.05 Å². The van der Waals surface area contributed by atoms with E-state index in [1.165, 1.54) is 0 Å². The first-order valence-electron chi connectivity index (χ1n) is 9.44. The van der Waals surface area contributed by atoms with E-state index in [2.05, 4.69) is 0 Å². The molecule has 0 saturated carbocycles. The lowest BCUT2D eigenvalue weighted by Gasteiger charge is -2.16. The van der Waals surface area contributed by atoms with Gasteiger partial charge in [-0.2, -0.15) is 0 Å². The molecule has 28 heavy (non-hydrogen) atoms. The Morgan fingerprint density at radius 3 is 2.54 bits per heavy atom. The van der Waals surface area contributed by atoms with E-state index in [0.717, 1.165) is 53.4 Å². The number of halogens is 1. The van der Waals surface area contributed by atoms with Crippen molar-refractivity contribution in [2.75, 3.05) is 13.1 Å². The molecule has 5 nitrogen and oxygen atoms in total. The zero-order chi connectivity index (χ0) is 19.3. The zero-order valence-electron chi connectivity index (χ0n) is 15.5. The summed E-state index contributed by atoms with van der Waals surface area (Å²) in [7, 11) is 1.95. The van der Waals surface area contributed by atoms with Crippen LogP contribution in [0.2, 0.25) is 5.02 Å². The number of aryl methyl sites for hydroxylation is 1. The fourth-order valence-electron chi connectivity index (χ4n) is 3.99. The SMILES string of the molecule is Cn1c2cc(Cl)ccc2c2c(C(=O)N3CCCC3)nc(-c3ccccc3)nc21. The van der Waals surface area contributed by atoms with Gasteiger partial charge >= 0.3 is 0 Å². The lowest BCUT2D eigenvalue weighted by atomic mass is 10.1. The molecule has 0 unspecified atom stereocenters. The Morgan fingerprint density at radius 1 is 1.04 bits per heavy atom. The normalized spacial score (nSPS) is 14.3. The van der Waals surface area contributed by atoms with Crippen molar-refractivity contribution < 1.29 is 4.79 Å². The number of amides is 1. The van der Waals surface area contributed by atoms with Crippen molar-refractivity contribution >= 4 is 39.4 Å². The molecule has 1 saturated heterocycles. The van der Waals surface area contributed by atoms with Crippen LogP contribution in [-0.4, -0.2) is 38.4 Å². The van der Waals surface area contributed by atoms with Crippen LogP contribution in [0.3, 0.4) is 0 Å². The molecule has 140 valence electrons. The van der Waals surface area contributed by atoms with Crippen LogP contribution in [0.25, 0.3) is 33.3 Å². The molecule has 5 rings (SSSR count). The van der Waals surface area contributed by atoms with Crippen molar-refractivity contribution in [3.05, 3.63) is 59.2 Å². The number of aromatic nitrogens is 3. The highest BCUT2D eigenvalue weighted by atomic mass is 35.5. The highest BCUT2D eigenvalue weighted by Gasteiger charge is 2.26. The lowest BCUT2D eigenvalue weighted by molar-refractivity contribution is 0.0789. The summed E-state index contributed by atoms with van der Waals surface area (Å²) in [4.78, 5) is 24.8. The Balaban J connectivity index is 1.84. The molecular formula is C22H19ClN4O. The molecule has 2 aromatic heterocycles. The van der Waals surface area contributed by atoms with Crippen molar-refractivity contribution in [2.24, 2.45) is 7.05 Å². The van der Waals surface area contributed by atoms with Crippen molar-refractivity contribution in [1.82, 2.24) is 19.4 Å². The summed E-state index contributed by atoms with van der Waals surface area (Å²) in [6, 6.07) is 15.5. The molecule has 1 amide bonds. The van der Waals surface area contributed by atoms with E-state index in [4.69, 9.17) is 21.6 Å². The number of rotatable bonds is 2. The summed E-state index contributed by atoms with van der Waals surface area (Å²) in [5, 5.41) is 2.40. The van der Waals surface area contributed by atoms with E-state index in [0.29, 0.717) is 16.5 Å². The van der Waals surface area contributed by atoms with Crippen LogP contribution < -0.4 is 0 Å². The maximum atomic E-state index is 13.4. The molecule has 0 atom stereocenters. The van der Waals surface area contributed by atoms with Crippen LogP contribution in [0.15, 0.2) is 48.5 Å². The number of benzene rings is 2. The predicted octanol–water partition coefficient (Wildman–Crippen LogP) is 4.68. The van der Waals surface area contributed by atoms with Gasteiger partial charge in [0.25, 0.3) is 5.91 Å². The summed E-state index contributed by atoms with van der Waals surface area (Å²) in [6.45, 7) is 1.56. The van der Waals surface area contributed by atoms with Gasteiger partial charge in [-0.15, -0.1) is 0 Å². The molecule has 4 aromatic rings. The Kier molecular flexibility index (Phi) is 4.05. The van der Waals surface area contributed by atoms with Crippen molar-refractivity contribution in [3.63, 3.8) is 0 Å². The molecular weight excluding hydrogens is 372 g/mol. The van der Waals surface area contributed by atoms with Crippen molar-refractivity contribution in [1.29, 1.82) is 0 Å². The quantitative estimate of drug-likeness (QED) is 0.499. The van der Waals surface area contributed by atoms with Crippen LogP contribution in [0.1, 0.15) is 23.3 Å². The van der Waals surface area contributed by atoms with E-state index in [-0.39, 0.29) is 5.91 Å². The van der Waals surface area contributed by atoms with Gasteiger partial charge in [-0.25, -0.2) is 9.97 Å². The Hall–Kier alpha value is -2.92. The van der Waals surface area contributed by atoms with Gasteiger partial charge in [0, 0.05) is 36.1 Å². The summed E-state index contributed by atoms with van der Waals surface area (Å²) < 4.78 is 1.99. The molecule has 0 radical (unpaired) electrons. The van der Waals surface area contributed by atoms with Crippen molar-refractivity contribution in [3.8, 4) is 11.4 Å². The molecule has 1 fully saturated rings. The third-order valence-electron chi connectivity index (χ3n) is 5.43. The Labute approximate surface area is 167 Å². The standard InChI is InChI=1S/C22H19ClN4O/c1-26-17-13-15(23)9-10-16(17)18-19(22(28)27-11-5-6-12-27)24-20(25-21(18)26)14-7-3-2-4-8-14/h2-4,7-10,13H,5-6,11-12H2,1H3. The number of carbonyl (C=O) groups is 1. The molecule has 1 aliphatic rings. The largest absolute Gasteiger partial charge is 0.337 e. The van der Waals surface area contributed by atoms with E-state index in [9.17, 15) is 4.79 Å². The van der Waals surface area contributed by atoms with E-state index >= 15 is 0 Å². The monoisotopic (exact) mass is 390 g/mol. The van der Waals surface area contributed by atoms with E-state index in [1.54, 1.807) is 0 Å². The molecule has 2 aromatic carbocycles. The second kappa shape index (κ2) is 6.60. The van der Waals surface area contributed by atoms with Crippen LogP contribution in [0.4, 0.5) is 0 Å². The topological polar surface area (TPSA) is 51.0 Å². The van der Waals surface area contributed by atoms with Crippen LogP contribution in [0, 0.1) is 0 Å². The number of hydrogen-bond donors (Lipinski definition) is 0. The minimum Gasteiger partial charge on any atom is -0.337 e. The smallest absolute Gasteiger partial charge is 0.273 e. The molecule has 0 spiro atoms. The van der Waals surface area contributed by atoms with Gasteiger partial charge in [0.15, 0.2) is 5.82 Å². The van der Waals surface area contributed by atoms with E-state index in [1.807, 2.05) is 65.0 Å². The molecule has 0 bridgehead atoms. The lowest BCUT2D eigenvalue weighted by Crippen LogP contribution is -2.28. The zero-order valence-corrected chi connectivity index (χ0v) is 16.3. The highest BCUT2D eigenvalue weighted by Crippen LogP contribution is 2.33. The van der Waals surface area contributed by atoms with Crippen molar-refractivity contribution in [2.45, 2.75) is 12.8 Å². The fourth-order valence-corrected chi connectivity index (χ4v) is 4.15. The maximum Gasteiger partial charge on any atom is 0.273 e. The highest BCUT2D eigenvalue weighted by molar-refractivity contribution is 6.31. The number of nitrogens with zero attached hydrogens (tertiary/aromatic N) is 4. The predicted molar refractivity (Wildman–Crippen MR) is 112 cm³/mol. The molecule has 3 heterocycles. The Morgan fingerprint density at radius 2 is 1.79 bits per heavy atom. The van der Waals surface area contributed by atoms with Crippen LogP contribution in [0.5, 0.6) is 0 Å². The number of likely N-dealkylation sites (tertiary alicyclic amines) is 1. The average Bonchev–Trinajstić information content (AvgIpc) is 3.35. The van der Waals surface area contributed by atoms with Gasteiger partial charge in [-0.3, -0.25) is 4.79 Å². The fraction of sp³-hybridized carbons (Fsp3) is 0.227. The Bertz CT molecular complexity index is 1210. The number of hydrogen-bond acceptors (Lipinski definition) is 3. The number of carbonyl (C=O) groups excluding carboxylic acids is 1. The average molecular weight is 391 g/mol. The minimum absolute atomic E-state index is 0.0236. The van der Waals surface area contributed by atoms with E-state index < -0.39 is 0 Å². The summed E-state index contributed by atoms with van der Waals surface area (Å²) in [5.74, 6) is 0.539. The third kappa shape index (κ3) is 2.66. The van der Waals surface area contributed by atoms with Gasteiger partial charge < -0.3 is 9.47 Å². The van der Waals surface area contributed by atoms with Gasteiger partial charge in [-0.05, 0) is 25.0 Å². The second-order valence-corrected chi connectivity index (χ2v) is 7.62. The summed E-state index contributed by atoms with van der Waals surface area (Å²) in [5.41, 5.74) is 3.05. The van der Waals surface area contributed by atoms with Gasteiger partial charge in [0.05, 0.1) is 10.9 Å². The van der Waals surface area contributed by atoms with Gasteiger partial charge in [-0.1, -0.05) is 48.0 Å². The first kappa shape index (κ1) is 17.2. The maximum absolute atomic E-state index is 13.4. The summed E-state index contributed by atoms with van der Waals surface area (Å²) >= 11 is 6.23. The third-order valence-corrected chi connectivity index (χ3v) is 5.66. The molecule has 0 aliphatic carbocycles. The van der Waals surface area contributed by atoms with Gasteiger partial charge in [0.1, 0.15) is 11.3 Å². The molecule has 6 heteroatoms. The minimum atomic E-state index is -0.0236. The van der Waals surface area contributed by atoms with Crippen LogP contribution >= 0.6 is 11.6 Å². The van der Waals surface area contributed by atoms with Gasteiger partial charge in [0.2, 0.25) is 0 Å². The molecule has 0 N–H and O–H groups in total. The summed E-state index contributed by atoms with van der Waals surface area (Å²) in [6.07, 6.45) is 2.08. The first-order valence-corrected chi connectivity index (χ1v) is 9.81. The molecule has 1 aliphatic heterocycles.